The van der Waals surface area contributed by atoms with Gasteiger partial charge in [0.2, 0.25) is 0 Å². The molecule has 0 N–H and O–H groups in total. The van der Waals surface area contributed by atoms with Crippen LogP contribution >= 0.6 is 0 Å². The van der Waals surface area contributed by atoms with E-state index in [9.17, 15) is 0 Å². The first-order valence-electron chi connectivity index (χ1n) is 4.57. The number of hydrogen-bond acceptors (Lipinski definition) is 0. The molecular weight excluding hydrogens is 156 g/mol. The van der Waals surface area contributed by atoms with Crippen LogP contribution in [0.25, 0.3) is 6.08 Å². The number of aryl methyl sites for hydroxylation is 1. The first kappa shape index (κ1) is 9.79. The Balaban J connectivity index is 2.70. The van der Waals surface area contributed by atoms with Gasteiger partial charge < -0.3 is 0 Å². The van der Waals surface area contributed by atoms with E-state index in [2.05, 4.69) is 63.3 Å². The van der Waals surface area contributed by atoms with Crippen molar-refractivity contribution >= 4 is 6.08 Å². The summed E-state index contributed by atoms with van der Waals surface area (Å²) in [6.45, 7) is 6.29. The first-order valence-corrected chi connectivity index (χ1v) is 4.57. The lowest BCUT2D eigenvalue weighted by molar-refractivity contribution is 1.39. The lowest BCUT2D eigenvalue weighted by Gasteiger charge is -1.93. The summed E-state index contributed by atoms with van der Waals surface area (Å²) in [6, 6.07) is 8.51. The maximum Gasteiger partial charge on any atom is -0.0256 e. The van der Waals surface area contributed by atoms with Crippen molar-refractivity contribution in [3.63, 3.8) is 0 Å². The minimum Gasteiger partial charge on any atom is -0.0764 e. The molecule has 0 aliphatic carbocycles. The summed E-state index contributed by atoms with van der Waals surface area (Å²) in [5.74, 6) is 0. The van der Waals surface area contributed by atoms with Gasteiger partial charge in [0, 0.05) is 0 Å². The Bertz CT molecular complexity index is 308. The third kappa shape index (κ3) is 3.75. The molecule has 0 spiro atoms. The van der Waals surface area contributed by atoms with E-state index in [1.165, 1.54) is 16.7 Å². The molecule has 68 valence electrons. The van der Waals surface area contributed by atoms with Crippen LogP contribution in [0.15, 0.2) is 42.0 Å². The number of rotatable bonds is 2. The fourth-order valence-electron chi connectivity index (χ4n) is 1.03. The van der Waals surface area contributed by atoms with E-state index in [1.54, 1.807) is 0 Å². The smallest absolute Gasteiger partial charge is 0.0256 e. The molecule has 0 nitrogen and oxygen atoms in total. The SMILES string of the molecule is CC(C)=C/C=C\c1ccc(C)cc1. The monoisotopic (exact) mass is 172 g/mol. The molecular formula is C13H16. The average Bonchev–Trinajstić information content (AvgIpc) is 2.08. The molecule has 0 aliphatic rings. The molecule has 0 radical (unpaired) electrons. The molecule has 0 saturated heterocycles. The van der Waals surface area contributed by atoms with Crippen LogP contribution in [0.1, 0.15) is 25.0 Å². The molecule has 0 heteroatoms. The molecule has 13 heavy (non-hydrogen) atoms. The number of benzene rings is 1. The van der Waals surface area contributed by atoms with E-state index < -0.39 is 0 Å². The highest BCUT2D eigenvalue weighted by Crippen LogP contribution is 2.05. The zero-order valence-corrected chi connectivity index (χ0v) is 8.54. The average molecular weight is 172 g/mol. The molecule has 0 unspecified atom stereocenters. The second-order valence-electron chi connectivity index (χ2n) is 3.51. The van der Waals surface area contributed by atoms with Crippen LogP contribution < -0.4 is 0 Å². The molecule has 1 aromatic rings. The van der Waals surface area contributed by atoms with Gasteiger partial charge >= 0.3 is 0 Å². The minimum atomic E-state index is 1.25. The Morgan fingerprint density at radius 3 is 2.23 bits per heavy atom. The van der Waals surface area contributed by atoms with E-state index in [0.29, 0.717) is 0 Å². The van der Waals surface area contributed by atoms with Gasteiger partial charge in [0.15, 0.2) is 0 Å². The van der Waals surface area contributed by atoms with Crippen LogP contribution in [-0.2, 0) is 0 Å². The van der Waals surface area contributed by atoms with Crippen molar-refractivity contribution in [1.82, 2.24) is 0 Å². The van der Waals surface area contributed by atoms with E-state index in [-0.39, 0.29) is 0 Å². The number of allylic oxidation sites excluding steroid dienone is 3. The Kier molecular flexibility index (Phi) is 3.51. The predicted molar refractivity (Wildman–Crippen MR) is 59.6 cm³/mol. The maximum absolute atomic E-state index is 2.13. The van der Waals surface area contributed by atoms with Crippen molar-refractivity contribution in [3.05, 3.63) is 53.1 Å². The Morgan fingerprint density at radius 1 is 1.08 bits per heavy atom. The maximum atomic E-state index is 2.13. The predicted octanol–water partition coefficient (Wildman–Crippen LogP) is 3.97. The van der Waals surface area contributed by atoms with Crippen molar-refractivity contribution in [3.8, 4) is 0 Å². The lowest BCUT2D eigenvalue weighted by atomic mass is 10.1. The fraction of sp³-hybridized carbons (Fsp3) is 0.231. The zero-order valence-electron chi connectivity index (χ0n) is 8.54. The van der Waals surface area contributed by atoms with Crippen LogP contribution in [0, 0.1) is 6.92 Å². The molecule has 0 atom stereocenters. The Labute approximate surface area is 80.6 Å². The van der Waals surface area contributed by atoms with Gasteiger partial charge in [0.05, 0.1) is 0 Å². The van der Waals surface area contributed by atoms with Crippen LogP contribution in [0.3, 0.4) is 0 Å². The van der Waals surface area contributed by atoms with Crippen LogP contribution in [0.5, 0.6) is 0 Å². The molecule has 0 heterocycles. The van der Waals surface area contributed by atoms with Crippen molar-refractivity contribution in [2.75, 3.05) is 0 Å². The minimum absolute atomic E-state index is 1.25. The summed E-state index contributed by atoms with van der Waals surface area (Å²) < 4.78 is 0. The van der Waals surface area contributed by atoms with Crippen LogP contribution in [0.4, 0.5) is 0 Å². The topological polar surface area (TPSA) is 0 Å². The number of hydrogen-bond donors (Lipinski definition) is 0. The van der Waals surface area contributed by atoms with Gasteiger partial charge in [0.1, 0.15) is 0 Å². The Morgan fingerprint density at radius 2 is 1.69 bits per heavy atom. The summed E-state index contributed by atoms with van der Waals surface area (Å²) in [6.07, 6.45) is 6.31. The van der Waals surface area contributed by atoms with Gasteiger partial charge in [-0.05, 0) is 26.3 Å². The van der Waals surface area contributed by atoms with E-state index in [1.807, 2.05) is 0 Å². The van der Waals surface area contributed by atoms with E-state index >= 15 is 0 Å². The quantitative estimate of drug-likeness (QED) is 0.592. The zero-order chi connectivity index (χ0) is 9.68. The molecule has 0 aliphatic heterocycles. The molecule has 0 amide bonds. The van der Waals surface area contributed by atoms with Crippen LogP contribution in [-0.4, -0.2) is 0 Å². The summed E-state index contributed by atoms with van der Waals surface area (Å²) >= 11 is 0. The van der Waals surface area contributed by atoms with Gasteiger partial charge in [-0.25, -0.2) is 0 Å². The standard InChI is InChI=1S/C13H16/c1-11(2)5-4-6-13-9-7-12(3)8-10-13/h4-10H,1-3H3/b6-4-. The normalized spacial score (nSPS) is 10.4. The lowest BCUT2D eigenvalue weighted by Crippen LogP contribution is -1.72. The second-order valence-corrected chi connectivity index (χ2v) is 3.51. The van der Waals surface area contributed by atoms with Crippen molar-refractivity contribution in [2.24, 2.45) is 0 Å². The molecule has 0 bridgehead atoms. The molecule has 0 aromatic heterocycles. The fourth-order valence-corrected chi connectivity index (χ4v) is 1.03. The molecule has 1 aromatic carbocycles. The Hall–Kier alpha value is -1.30. The van der Waals surface area contributed by atoms with Gasteiger partial charge in [0.25, 0.3) is 0 Å². The van der Waals surface area contributed by atoms with Gasteiger partial charge in [-0.3, -0.25) is 0 Å². The molecule has 1 rings (SSSR count). The highest BCUT2D eigenvalue weighted by Gasteiger charge is 1.84. The third-order valence-corrected chi connectivity index (χ3v) is 1.80. The first-order chi connectivity index (χ1) is 6.18. The summed E-state index contributed by atoms with van der Waals surface area (Å²) in [5, 5.41) is 0. The van der Waals surface area contributed by atoms with Crippen molar-refractivity contribution < 1.29 is 0 Å². The van der Waals surface area contributed by atoms with Crippen molar-refractivity contribution in [2.45, 2.75) is 20.8 Å². The van der Waals surface area contributed by atoms with E-state index in [4.69, 9.17) is 0 Å². The van der Waals surface area contributed by atoms with Crippen molar-refractivity contribution in [1.29, 1.82) is 0 Å². The summed E-state index contributed by atoms with van der Waals surface area (Å²) in [4.78, 5) is 0. The van der Waals surface area contributed by atoms with Gasteiger partial charge in [-0.2, -0.15) is 0 Å². The van der Waals surface area contributed by atoms with Crippen LogP contribution in [0.2, 0.25) is 0 Å². The van der Waals surface area contributed by atoms with Gasteiger partial charge in [-0.15, -0.1) is 0 Å². The third-order valence-electron chi connectivity index (χ3n) is 1.80. The molecule has 0 fully saturated rings. The van der Waals surface area contributed by atoms with E-state index in [0.717, 1.165) is 0 Å². The summed E-state index contributed by atoms with van der Waals surface area (Å²) in [5.41, 5.74) is 3.88. The molecule has 0 saturated carbocycles. The highest BCUT2D eigenvalue weighted by molar-refractivity contribution is 5.51. The highest BCUT2D eigenvalue weighted by atomic mass is 13.9. The largest absolute Gasteiger partial charge is 0.0764 e. The summed E-state index contributed by atoms with van der Waals surface area (Å²) in [7, 11) is 0. The van der Waals surface area contributed by atoms with Gasteiger partial charge in [-0.1, -0.05) is 53.6 Å². The second kappa shape index (κ2) is 4.66.